The number of rotatable bonds is 12. The molecule has 0 saturated carbocycles. The quantitative estimate of drug-likeness (QED) is 0.221. The molecule has 1 aromatic carbocycles. The molecule has 0 bridgehead atoms. The van der Waals surface area contributed by atoms with Crippen molar-refractivity contribution in [2.24, 2.45) is 10.8 Å². The Balaban J connectivity index is 3.48. The molecule has 0 spiro atoms. The molecule has 0 aliphatic heterocycles. The number of nitrogens with one attached hydrogen (secondary N) is 1. The van der Waals surface area contributed by atoms with Crippen molar-refractivity contribution in [2.75, 3.05) is 12.3 Å². The second-order valence-corrected chi connectivity index (χ2v) is 11.4. The van der Waals surface area contributed by atoms with E-state index in [-0.39, 0.29) is 18.9 Å². The summed E-state index contributed by atoms with van der Waals surface area (Å²) in [6, 6.07) is 8.17. The lowest BCUT2D eigenvalue weighted by molar-refractivity contribution is -0.177. The summed E-state index contributed by atoms with van der Waals surface area (Å²) in [5.74, 6) is -3.06. The Morgan fingerprint density at radius 2 is 1.62 bits per heavy atom. The molecular formula is C23H35NO9S. The summed E-state index contributed by atoms with van der Waals surface area (Å²) in [5.41, 5.74) is -2.30. The van der Waals surface area contributed by atoms with Gasteiger partial charge in [-0.2, -0.15) is 8.42 Å². The van der Waals surface area contributed by atoms with Crippen LogP contribution in [0.1, 0.15) is 59.6 Å². The predicted molar refractivity (Wildman–Crippen MR) is 124 cm³/mol. The number of esters is 1. The van der Waals surface area contributed by atoms with E-state index < -0.39 is 57.0 Å². The number of hydrogen-bond acceptors (Lipinski definition) is 8. The first-order valence-electron chi connectivity index (χ1n) is 10.8. The maximum Gasteiger partial charge on any atom is 0.333 e. The molecule has 1 amide bonds. The van der Waals surface area contributed by atoms with Crippen LogP contribution in [0.2, 0.25) is 0 Å². The molecule has 0 heterocycles. The molecule has 0 aliphatic rings. The summed E-state index contributed by atoms with van der Waals surface area (Å²) in [5, 5.41) is 22.4. The largest absolute Gasteiger partial charge is 0.479 e. The second-order valence-electron chi connectivity index (χ2n) is 9.66. The zero-order valence-corrected chi connectivity index (χ0v) is 21.2. The predicted octanol–water partition coefficient (Wildman–Crippen LogP) is 2.03. The molecule has 0 fully saturated rings. The summed E-state index contributed by atoms with van der Waals surface area (Å²) in [6.07, 6.45) is -4.93. The molecule has 0 aliphatic carbocycles. The third-order valence-electron chi connectivity index (χ3n) is 5.12. The van der Waals surface area contributed by atoms with Gasteiger partial charge in [0.25, 0.3) is 10.1 Å². The van der Waals surface area contributed by atoms with Crippen LogP contribution in [0.15, 0.2) is 30.3 Å². The molecule has 0 radical (unpaired) electrons. The van der Waals surface area contributed by atoms with Gasteiger partial charge in [0.15, 0.2) is 12.2 Å². The van der Waals surface area contributed by atoms with Crippen molar-refractivity contribution < 1.29 is 41.9 Å². The van der Waals surface area contributed by atoms with Crippen molar-refractivity contribution in [3.05, 3.63) is 35.9 Å². The number of carboxylic acid groups (broad SMARTS) is 1. The Labute approximate surface area is 200 Å². The van der Waals surface area contributed by atoms with Crippen LogP contribution in [0.4, 0.5) is 0 Å². The summed E-state index contributed by atoms with van der Waals surface area (Å²) in [7, 11) is -4.29. The lowest BCUT2D eigenvalue weighted by Crippen LogP contribution is -2.50. The number of carboxylic acids is 1. The summed E-state index contributed by atoms with van der Waals surface area (Å²) in [6.45, 7) is 8.87. The van der Waals surface area contributed by atoms with Gasteiger partial charge in [-0.15, -0.1) is 0 Å². The minimum absolute atomic E-state index is 0.0360. The lowest BCUT2D eigenvalue weighted by Gasteiger charge is -2.40. The van der Waals surface area contributed by atoms with Crippen LogP contribution in [0.25, 0.3) is 0 Å². The van der Waals surface area contributed by atoms with E-state index in [1.54, 1.807) is 51.1 Å². The zero-order valence-electron chi connectivity index (χ0n) is 20.4. The molecule has 192 valence electrons. The van der Waals surface area contributed by atoms with Crippen molar-refractivity contribution in [2.45, 2.75) is 66.3 Å². The molecule has 0 saturated heterocycles. The van der Waals surface area contributed by atoms with Crippen LogP contribution in [0, 0.1) is 10.8 Å². The molecule has 3 N–H and O–H groups in total. The van der Waals surface area contributed by atoms with Crippen LogP contribution >= 0.6 is 0 Å². The normalized spacial score (nSPS) is 15.1. The van der Waals surface area contributed by atoms with Crippen molar-refractivity contribution >= 4 is 28.0 Å². The Hall–Kier alpha value is -2.50. The minimum atomic E-state index is -4.29. The number of carbonyl (C=O) groups excluding carboxylic acids is 2. The van der Waals surface area contributed by atoms with Gasteiger partial charge in [0.1, 0.15) is 6.10 Å². The number of hydrogen-bond donors (Lipinski definition) is 3. The van der Waals surface area contributed by atoms with Gasteiger partial charge in [0.2, 0.25) is 5.91 Å². The van der Waals surface area contributed by atoms with Gasteiger partial charge in [0.05, 0.1) is 11.2 Å². The van der Waals surface area contributed by atoms with E-state index in [2.05, 4.69) is 5.32 Å². The molecule has 1 rings (SSSR count). The number of amides is 1. The van der Waals surface area contributed by atoms with Crippen LogP contribution in [-0.4, -0.2) is 61.0 Å². The highest BCUT2D eigenvalue weighted by Crippen LogP contribution is 2.40. The first-order valence-corrected chi connectivity index (χ1v) is 12.4. The van der Waals surface area contributed by atoms with E-state index in [1.165, 1.54) is 20.8 Å². The van der Waals surface area contributed by atoms with Crippen molar-refractivity contribution in [3.8, 4) is 0 Å². The highest BCUT2D eigenvalue weighted by Gasteiger charge is 2.49. The molecular weight excluding hydrogens is 466 g/mol. The van der Waals surface area contributed by atoms with Gasteiger partial charge in [-0.05, 0) is 32.8 Å². The molecule has 2 unspecified atom stereocenters. The van der Waals surface area contributed by atoms with Gasteiger partial charge in [0, 0.05) is 18.9 Å². The fraction of sp³-hybridized carbons (Fsp3) is 0.609. The van der Waals surface area contributed by atoms with Gasteiger partial charge in [-0.3, -0.25) is 13.8 Å². The number of aliphatic hydroxyl groups is 1. The van der Waals surface area contributed by atoms with Crippen LogP contribution in [0.5, 0.6) is 0 Å². The van der Waals surface area contributed by atoms with Crippen LogP contribution in [-0.2, 0) is 33.4 Å². The van der Waals surface area contributed by atoms with Gasteiger partial charge >= 0.3 is 11.9 Å². The Kier molecular flexibility index (Phi) is 10.2. The number of benzene rings is 1. The van der Waals surface area contributed by atoms with Gasteiger partial charge < -0.3 is 20.3 Å². The van der Waals surface area contributed by atoms with Crippen LogP contribution < -0.4 is 5.32 Å². The number of aliphatic hydroxyl groups excluding tert-OH is 1. The Bertz CT molecular complexity index is 952. The molecule has 0 aromatic heterocycles. The van der Waals surface area contributed by atoms with E-state index in [0.29, 0.717) is 5.56 Å². The number of ether oxygens (including phenoxy) is 1. The molecule has 3 atom stereocenters. The number of carbonyl (C=O) groups is 3. The third-order valence-corrected chi connectivity index (χ3v) is 6.41. The first-order chi connectivity index (χ1) is 15.5. The molecule has 1 aromatic rings. The molecule has 34 heavy (non-hydrogen) atoms. The zero-order chi connectivity index (χ0) is 26.3. The van der Waals surface area contributed by atoms with Crippen molar-refractivity contribution in [1.29, 1.82) is 0 Å². The van der Waals surface area contributed by atoms with Gasteiger partial charge in [-0.25, -0.2) is 4.79 Å². The Morgan fingerprint density at radius 3 is 2.09 bits per heavy atom. The lowest BCUT2D eigenvalue weighted by atomic mass is 9.76. The third kappa shape index (κ3) is 8.69. The highest BCUT2D eigenvalue weighted by molar-refractivity contribution is 7.86. The SMILES string of the molecule is CC(=O)NCCCS(=O)(=O)OC(C(OC(=O)C(C)(C)C)c1ccccc1)C(C)(C)[C@@H](O)C(=O)O. The standard InChI is InChI=1S/C23H35NO9S/c1-15(25)24-13-10-14-34(30,31)33-19(23(5,6)18(26)20(27)28)17(16-11-8-7-9-12-16)32-21(29)22(2,3)4/h7-9,11-12,17-19,26H,10,13-14H2,1-6H3,(H,24,25)(H,27,28)/t17?,18-,19?/m0/s1. The molecule has 11 heteroatoms. The Morgan fingerprint density at radius 1 is 1.06 bits per heavy atom. The fourth-order valence-electron chi connectivity index (χ4n) is 3.00. The second kappa shape index (κ2) is 11.8. The molecule has 10 nitrogen and oxygen atoms in total. The fourth-order valence-corrected chi connectivity index (χ4v) is 4.26. The maximum absolute atomic E-state index is 12.8. The monoisotopic (exact) mass is 501 g/mol. The van der Waals surface area contributed by atoms with E-state index >= 15 is 0 Å². The first kappa shape index (κ1) is 29.5. The van der Waals surface area contributed by atoms with Gasteiger partial charge in [-0.1, -0.05) is 44.2 Å². The van der Waals surface area contributed by atoms with E-state index in [4.69, 9.17) is 8.92 Å². The van der Waals surface area contributed by atoms with Crippen molar-refractivity contribution in [3.63, 3.8) is 0 Å². The average Bonchev–Trinajstić information content (AvgIpc) is 2.72. The average molecular weight is 502 g/mol. The van der Waals surface area contributed by atoms with Crippen molar-refractivity contribution in [1.82, 2.24) is 5.32 Å². The van der Waals surface area contributed by atoms with E-state index in [1.807, 2.05) is 0 Å². The topological polar surface area (TPSA) is 156 Å². The van der Waals surface area contributed by atoms with E-state index in [9.17, 15) is 33.0 Å². The smallest absolute Gasteiger partial charge is 0.333 e. The summed E-state index contributed by atoms with van der Waals surface area (Å²) >= 11 is 0. The summed E-state index contributed by atoms with van der Waals surface area (Å²) in [4.78, 5) is 35.4. The van der Waals surface area contributed by atoms with E-state index in [0.717, 1.165) is 0 Å². The maximum atomic E-state index is 12.8. The minimum Gasteiger partial charge on any atom is -0.479 e. The van der Waals surface area contributed by atoms with Crippen LogP contribution in [0.3, 0.4) is 0 Å². The number of aliphatic carboxylic acids is 1. The summed E-state index contributed by atoms with van der Waals surface area (Å²) < 4.78 is 36.8. The highest BCUT2D eigenvalue weighted by atomic mass is 32.2.